The Bertz CT molecular complexity index is 1040. The highest BCUT2D eigenvalue weighted by Crippen LogP contribution is 2.35. The summed E-state index contributed by atoms with van der Waals surface area (Å²) in [5, 5.41) is 9.66. The van der Waals surface area contributed by atoms with Gasteiger partial charge in [0.05, 0.1) is 11.5 Å². The number of hydrogen-bond acceptors (Lipinski definition) is 4. The van der Waals surface area contributed by atoms with Crippen LogP contribution in [0.1, 0.15) is 35.3 Å². The molecule has 4 rings (SSSR count). The minimum atomic E-state index is 0.0536. The Morgan fingerprint density at radius 3 is 2.84 bits per heavy atom. The van der Waals surface area contributed by atoms with Gasteiger partial charge in [0.1, 0.15) is 10.7 Å². The van der Waals surface area contributed by atoms with Crippen LogP contribution in [-0.4, -0.2) is 9.55 Å². The molecule has 0 atom stereocenters. The van der Waals surface area contributed by atoms with Crippen LogP contribution in [0.3, 0.4) is 0 Å². The van der Waals surface area contributed by atoms with Crippen LogP contribution in [0.2, 0.25) is 0 Å². The maximum atomic E-state index is 13.3. The van der Waals surface area contributed by atoms with E-state index in [9.17, 15) is 4.79 Å². The molecular formula is C20H19N3OS. The molecule has 2 aromatic heterocycles. The number of benzene rings is 1. The molecule has 4 nitrogen and oxygen atoms in total. The van der Waals surface area contributed by atoms with Gasteiger partial charge in [0.25, 0.3) is 5.56 Å². The molecule has 0 amide bonds. The lowest BCUT2D eigenvalue weighted by Gasteiger charge is -2.12. The number of thiophene rings is 1. The molecule has 1 aliphatic rings. The molecular weight excluding hydrogens is 330 g/mol. The Hall–Kier alpha value is -2.45. The third-order valence-corrected chi connectivity index (χ3v) is 5.99. The van der Waals surface area contributed by atoms with Gasteiger partial charge in [-0.3, -0.25) is 9.36 Å². The highest BCUT2D eigenvalue weighted by atomic mass is 32.1. The Kier molecular flexibility index (Phi) is 4.14. The van der Waals surface area contributed by atoms with E-state index in [2.05, 4.69) is 6.07 Å². The van der Waals surface area contributed by atoms with E-state index in [1.165, 1.54) is 16.0 Å². The normalized spacial score (nSPS) is 13.1. The standard InChI is InChI=1S/C20H19N3OS/c1-13-7-9-14(10-8-13)18-22-19-17(15-5-4-6-16(15)25-19)20(24)23(18)12-3-2-11-21/h7-10H,2-6,12H2,1H3. The van der Waals surface area contributed by atoms with Gasteiger partial charge in [-0.15, -0.1) is 11.3 Å². The second-order valence-corrected chi connectivity index (χ2v) is 7.64. The topological polar surface area (TPSA) is 58.7 Å². The number of aryl methyl sites for hydroxylation is 3. The van der Waals surface area contributed by atoms with Gasteiger partial charge < -0.3 is 0 Å². The smallest absolute Gasteiger partial charge is 0.262 e. The van der Waals surface area contributed by atoms with Crippen molar-refractivity contribution in [2.75, 3.05) is 0 Å². The molecule has 0 saturated carbocycles. The zero-order valence-corrected chi connectivity index (χ0v) is 15.0. The van der Waals surface area contributed by atoms with Crippen molar-refractivity contribution in [3.63, 3.8) is 0 Å². The van der Waals surface area contributed by atoms with E-state index in [-0.39, 0.29) is 5.56 Å². The van der Waals surface area contributed by atoms with Crippen molar-refractivity contribution in [3.05, 3.63) is 50.6 Å². The van der Waals surface area contributed by atoms with Gasteiger partial charge in [0, 0.05) is 23.4 Å². The van der Waals surface area contributed by atoms with Gasteiger partial charge in [-0.05, 0) is 38.2 Å². The maximum absolute atomic E-state index is 13.3. The van der Waals surface area contributed by atoms with Crippen molar-refractivity contribution in [1.82, 2.24) is 9.55 Å². The van der Waals surface area contributed by atoms with Gasteiger partial charge in [0.15, 0.2) is 0 Å². The predicted octanol–water partition coefficient (Wildman–Crippen LogP) is 4.23. The van der Waals surface area contributed by atoms with E-state index in [1.54, 1.807) is 15.9 Å². The first-order valence-corrected chi connectivity index (χ1v) is 9.50. The van der Waals surface area contributed by atoms with Crippen LogP contribution in [0.5, 0.6) is 0 Å². The Morgan fingerprint density at radius 2 is 2.08 bits per heavy atom. The van der Waals surface area contributed by atoms with Crippen LogP contribution in [0.4, 0.5) is 0 Å². The molecule has 126 valence electrons. The Balaban J connectivity index is 1.93. The molecule has 0 spiro atoms. The summed E-state index contributed by atoms with van der Waals surface area (Å²) in [6.07, 6.45) is 4.28. The van der Waals surface area contributed by atoms with Crippen molar-refractivity contribution >= 4 is 21.6 Å². The molecule has 0 N–H and O–H groups in total. The van der Waals surface area contributed by atoms with Crippen molar-refractivity contribution in [3.8, 4) is 17.5 Å². The molecule has 2 heterocycles. The highest BCUT2D eigenvalue weighted by molar-refractivity contribution is 7.18. The van der Waals surface area contributed by atoms with Crippen molar-refractivity contribution in [2.24, 2.45) is 0 Å². The van der Waals surface area contributed by atoms with E-state index in [0.29, 0.717) is 19.4 Å². The monoisotopic (exact) mass is 349 g/mol. The molecule has 25 heavy (non-hydrogen) atoms. The van der Waals surface area contributed by atoms with E-state index >= 15 is 0 Å². The summed E-state index contributed by atoms with van der Waals surface area (Å²) in [5.74, 6) is 0.718. The molecule has 1 aliphatic carbocycles. The average molecular weight is 349 g/mol. The molecule has 0 unspecified atom stereocenters. The summed E-state index contributed by atoms with van der Waals surface area (Å²) < 4.78 is 1.77. The fourth-order valence-corrected chi connectivity index (χ4v) is 4.78. The zero-order chi connectivity index (χ0) is 17.4. The molecule has 3 aromatic rings. The minimum Gasteiger partial charge on any atom is -0.292 e. The Labute approximate surface area is 150 Å². The molecule has 1 aromatic carbocycles. The predicted molar refractivity (Wildman–Crippen MR) is 101 cm³/mol. The van der Waals surface area contributed by atoms with Gasteiger partial charge >= 0.3 is 0 Å². The third kappa shape index (κ3) is 2.77. The summed E-state index contributed by atoms with van der Waals surface area (Å²) in [7, 11) is 0. The van der Waals surface area contributed by atoms with Crippen molar-refractivity contribution in [1.29, 1.82) is 5.26 Å². The van der Waals surface area contributed by atoms with Crippen molar-refractivity contribution < 1.29 is 0 Å². The van der Waals surface area contributed by atoms with Gasteiger partial charge in [0.2, 0.25) is 0 Å². The number of fused-ring (bicyclic) bond motifs is 3. The van der Waals surface area contributed by atoms with Gasteiger partial charge in [-0.2, -0.15) is 5.26 Å². The van der Waals surface area contributed by atoms with Gasteiger partial charge in [-0.1, -0.05) is 29.8 Å². The quantitative estimate of drug-likeness (QED) is 0.662. The lowest BCUT2D eigenvalue weighted by atomic mass is 10.1. The van der Waals surface area contributed by atoms with Crippen molar-refractivity contribution in [2.45, 2.75) is 45.6 Å². The van der Waals surface area contributed by atoms with E-state index in [4.69, 9.17) is 10.2 Å². The van der Waals surface area contributed by atoms with Gasteiger partial charge in [-0.25, -0.2) is 4.98 Å². The van der Waals surface area contributed by atoms with E-state index in [1.807, 2.05) is 31.2 Å². The SMILES string of the molecule is Cc1ccc(-c2nc3sc4c(c3c(=O)n2CCCC#N)CCC4)cc1. The van der Waals surface area contributed by atoms with Crippen LogP contribution in [0.25, 0.3) is 21.6 Å². The molecule has 0 radical (unpaired) electrons. The molecule has 0 bridgehead atoms. The second-order valence-electron chi connectivity index (χ2n) is 6.56. The zero-order valence-electron chi connectivity index (χ0n) is 14.2. The second kappa shape index (κ2) is 6.45. The summed E-state index contributed by atoms with van der Waals surface area (Å²) in [4.78, 5) is 20.3. The number of unbranched alkanes of at least 4 members (excludes halogenated alkanes) is 1. The molecule has 0 aliphatic heterocycles. The largest absolute Gasteiger partial charge is 0.292 e. The summed E-state index contributed by atoms with van der Waals surface area (Å²) in [5.41, 5.74) is 3.40. The number of nitrogens with zero attached hydrogens (tertiary/aromatic N) is 3. The molecule has 5 heteroatoms. The first-order chi connectivity index (χ1) is 12.2. The first-order valence-electron chi connectivity index (χ1n) is 8.68. The van der Waals surface area contributed by atoms with Crippen LogP contribution >= 0.6 is 11.3 Å². The number of rotatable bonds is 4. The maximum Gasteiger partial charge on any atom is 0.262 e. The lowest BCUT2D eigenvalue weighted by molar-refractivity contribution is 0.634. The highest BCUT2D eigenvalue weighted by Gasteiger charge is 2.23. The number of nitriles is 1. The summed E-state index contributed by atoms with van der Waals surface area (Å²) in [6.45, 7) is 2.58. The van der Waals surface area contributed by atoms with Crippen LogP contribution in [-0.2, 0) is 19.4 Å². The first kappa shape index (κ1) is 16.0. The lowest BCUT2D eigenvalue weighted by Crippen LogP contribution is -2.23. The number of hydrogen-bond donors (Lipinski definition) is 0. The Morgan fingerprint density at radius 1 is 1.28 bits per heavy atom. The fourth-order valence-electron chi connectivity index (χ4n) is 3.52. The average Bonchev–Trinajstić information content (AvgIpc) is 3.18. The van der Waals surface area contributed by atoms with E-state index in [0.717, 1.165) is 40.9 Å². The van der Waals surface area contributed by atoms with Crippen LogP contribution < -0.4 is 5.56 Å². The molecule has 0 saturated heterocycles. The summed E-state index contributed by atoms with van der Waals surface area (Å²) >= 11 is 1.67. The van der Waals surface area contributed by atoms with Crippen LogP contribution in [0, 0.1) is 18.3 Å². The summed E-state index contributed by atoms with van der Waals surface area (Å²) in [6, 6.07) is 10.3. The molecule has 0 fully saturated rings. The fraction of sp³-hybridized carbons (Fsp3) is 0.350. The number of aromatic nitrogens is 2. The third-order valence-electron chi connectivity index (χ3n) is 4.80. The van der Waals surface area contributed by atoms with E-state index < -0.39 is 0 Å². The van der Waals surface area contributed by atoms with Crippen LogP contribution in [0.15, 0.2) is 29.1 Å². The minimum absolute atomic E-state index is 0.0536.